The third-order valence-electron chi connectivity index (χ3n) is 6.54. The lowest BCUT2D eigenvalue weighted by atomic mass is 9.61. The zero-order valence-electron chi connectivity index (χ0n) is 16.0. The second-order valence-corrected chi connectivity index (χ2v) is 8.26. The van der Waals surface area contributed by atoms with E-state index in [0.717, 1.165) is 36.8 Å². The van der Waals surface area contributed by atoms with Gasteiger partial charge in [0, 0.05) is 11.5 Å². The van der Waals surface area contributed by atoms with Gasteiger partial charge in [-0.3, -0.25) is 0 Å². The van der Waals surface area contributed by atoms with E-state index in [9.17, 15) is 8.78 Å². The largest absolute Gasteiger partial charge is 0.207 e. The predicted octanol–water partition coefficient (Wildman–Crippen LogP) is 7.50. The Morgan fingerprint density at radius 2 is 1.65 bits per heavy atom. The maximum Gasteiger partial charge on any atom is 0.126 e. The topological polar surface area (TPSA) is 0 Å². The van der Waals surface area contributed by atoms with Gasteiger partial charge in [0.1, 0.15) is 11.6 Å². The third-order valence-corrected chi connectivity index (χ3v) is 6.54. The molecule has 1 atom stereocenters. The van der Waals surface area contributed by atoms with Gasteiger partial charge in [0.05, 0.1) is 0 Å². The molecule has 26 heavy (non-hydrogen) atoms. The van der Waals surface area contributed by atoms with Crippen LogP contribution < -0.4 is 0 Å². The van der Waals surface area contributed by atoms with Gasteiger partial charge in [-0.1, -0.05) is 76.2 Å². The molecule has 0 nitrogen and oxygen atoms in total. The molecule has 0 aliphatic heterocycles. The first-order valence-corrected chi connectivity index (χ1v) is 10.4. The molecule has 1 aromatic rings. The van der Waals surface area contributed by atoms with E-state index in [1.807, 2.05) is 6.08 Å². The monoisotopic (exact) mass is 358 g/mol. The van der Waals surface area contributed by atoms with Crippen LogP contribution in [0.25, 0.3) is 0 Å². The lowest BCUT2D eigenvalue weighted by Crippen LogP contribution is -2.36. The Bertz CT molecular complexity index is 617. The van der Waals surface area contributed by atoms with E-state index in [-0.39, 0.29) is 5.41 Å². The van der Waals surface area contributed by atoms with Crippen molar-refractivity contribution in [2.24, 2.45) is 11.8 Å². The highest BCUT2D eigenvalue weighted by Gasteiger charge is 2.40. The van der Waals surface area contributed by atoms with E-state index in [2.05, 4.69) is 25.2 Å². The quantitative estimate of drug-likeness (QED) is 0.443. The number of unbranched alkanes of at least 4 members (excludes halogenated alkanes) is 3. The number of rotatable bonds is 7. The van der Waals surface area contributed by atoms with Crippen LogP contribution in [0.2, 0.25) is 0 Å². The molecule has 2 heteroatoms. The van der Waals surface area contributed by atoms with E-state index < -0.39 is 11.6 Å². The molecule has 0 bridgehead atoms. The van der Waals surface area contributed by atoms with Crippen molar-refractivity contribution in [3.8, 4) is 0 Å². The molecule has 0 heterocycles. The van der Waals surface area contributed by atoms with Crippen molar-refractivity contribution in [2.45, 2.75) is 76.5 Å². The maximum atomic E-state index is 13.9. The molecule has 1 aromatic carbocycles. The van der Waals surface area contributed by atoms with Crippen LogP contribution in [0.4, 0.5) is 8.78 Å². The van der Waals surface area contributed by atoms with Gasteiger partial charge in [-0.15, -0.1) is 0 Å². The Morgan fingerprint density at radius 1 is 0.923 bits per heavy atom. The minimum Gasteiger partial charge on any atom is -0.207 e. The molecule has 0 saturated heterocycles. The van der Waals surface area contributed by atoms with E-state index in [4.69, 9.17) is 0 Å². The molecule has 142 valence electrons. The average Bonchev–Trinajstić information content (AvgIpc) is 2.65. The molecule has 1 saturated carbocycles. The maximum absolute atomic E-state index is 13.9. The summed E-state index contributed by atoms with van der Waals surface area (Å²) >= 11 is 0. The lowest BCUT2D eigenvalue weighted by molar-refractivity contribution is 0.192. The number of hydrogen-bond donors (Lipinski definition) is 0. The van der Waals surface area contributed by atoms with Gasteiger partial charge in [0.2, 0.25) is 0 Å². The number of halogens is 2. The van der Waals surface area contributed by atoms with E-state index >= 15 is 0 Å². The van der Waals surface area contributed by atoms with Crippen molar-refractivity contribution in [3.05, 3.63) is 59.7 Å². The molecule has 0 spiro atoms. The molecule has 0 N–H and O–H groups in total. The SMILES string of the molecule is CCCCCC[C@H]1CC[C@H](C2(c3cc(F)cc(F)c3)C=CC=CC2)CC1. The Kier molecular flexibility index (Phi) is 6.67. The first kappa shape index (κ1) is 19.3. The number of allylic oxidation sites excluding steroid dienone is 4. The second-order valence-electron chi connectivity index (χ2n) is 8.26. The van der Waals surface area contributed by atoms with Gasteiger partial charge >= 0.3 is 0 Å². The highest BCUT2D eigenvalue weighted by atomic mass is 19.1. The fourth-order valence-corrected chi connectivity index (χ4v) is 5.04. The predicted molar refractivity (Wildman–Crippen MR) is 105 cm³/mol. The minimum atomic E-state index is -0.466. The second kappa shape index (κ2) is 8.97. The minimum absolute atomic E-state index is 0.245. The van der Waals surface area contributed by atoms with Crippen LogP contribution in [-0.2, 0) is 5.41 Å². The van der Waals surface area contributed by atoms with E-state index in [1.165, 1.54) is 44.9 Å². The molecule has 0 radical (unpaired) electrons. The van der Waals surface area contributed by atoms with E-state index in [1.54, 1.807) is 12.1 Å². The van der Waals surface area contributed by atoms with Crippen LogP contribution in [0.5, 0.6) is 0 Å². The highest BCUT2D eigenvalue weighted by molar-refractivity contribution is 5.37. The van der Waals surface area contributed by atoms with Crippen LogP contribution in [0.15, 0.2) is 42.5 Å². The molecule has 1 unspecified atom stereocenters. The van der Waals surface area contributed by atoms with Crippen LogP contribution in [0.3, 0.4) is 0 Å². The standard InChI is InChI=1S/C24H32F2/c1-2-3-4-6-9-19-10-12-20(13-11-19)24(14-7-5-8-15-24)21-16-22(25)18-23(26)17-21/h5,7-8,14,16-20H,2-4,6,9-13,15H2,1H3/t19-,20-,24?. The fraction of sp³-hybridized carbons (Fsp3) is 0.583. The van der Waals surface area contributed by atoms with Gasteiger partial charge in [-0.2, -0.15) is 0 Å². The average molecular weight is 359 g/mol. The smallest absolute Gasteiger partial charge is 0.126 e. The summed E-state index contributed by atoms with van der Waals surface area (Å²) in [7, 11) is 0. The summed E-state index contributed by atoms with van der Waals surface area (Å²) in [6, 6.07) is 4.07. The molecule has 3 rings (SSSR count). The zero-order valence-corrected chi connectivity index (χ0v) is 16.0. The normalized spacial score (nSPS) is 28.4. The number of hydrogen-bond acceptors (Lipinski definition) is 0. The van der Waals surface area contributed by atoms with Crippen molar-refractivity contribution in [2.75, 3.05) is 0 Å². The van der Waals surface area contributed by atoms with Crippen LogP contribution in [-0.4, -0.2) is 0 Å². The van der Waals surface area contributed by atoms with Crippen LogP contribution in [0, 0.1) is 23.5 Å². The third kappa shape index (κ3) is 4.45. The molecule has 0 amide bonds. The van der Waals surface area contributed by atoms with Crippen molar-refractivity contribution < 1.29 is 8.78 Å². The van der Waals surface area contributed by atoms with Crippen LogP contribution in [0.1, 0.15) is 76.7 Å². The van der Waals surface area contributed by atoms with Crippen molar-refractivity contribution in [1.82, 2.24) is 0 Å². The Labute approximate surface area is 157 Å². The first-order chi connectivity index (χ1) is 12.6. The fourth-order valence-electron chi connectivity index (χ4n) is 5.04. The summed E-state index contributed by atoms with van der Waals surface area (Å²) in [6.07, 6.45) is 20.8. The van der Waals surface area contributed by atoms with Gasteiger partial charge in [0.15, 0.2) is 0 Å². The van der Waals surface area contributed by atoms with Gasteiger partial charge in [-0.25, -0.2) is 8.78 Å². The zero-order chi connectivity index (χ0) is 18.4. The lowest BCUT2D eigenvalue weighted by Gasteiger charge is -2.43. The summed E-state index contributed by atoms with van der Waals surface area (Å²) < 4.78 is 27.8. The van der Waals surface area contributed by atoms with Crippen molar-refractivity contribution >= 4 is 0 Å². The molecule has 2 aliphatic rings. The first-order valence-electron chi connectivity index (χ1n) is 10.4. The molecular weight excluding hydrogens is 326 g/mol. The van der Waals surface area contributed by atoms with Gasteiger partial charge in [-0.05, 0) is 48.8 Å². The number of benzene rings is 1. The summed E-state index contributed by atoms with van der Waals surface area (Å²) in [5.41, 5.74) is 0.562. The Morgan fingerprint density at radius 3 is 2.27 bits per heavy atom. The van der Waals surface area contributed by atoms with Crippen LogP contribution >= 0.6 is 0 Å². The van der Waals surface area contributed by atoms with E-state index in [0.29, 0.717) is 5.92 Å². The van der Waals surface area contributed by atoms with Crippen molar-refractivity contribution in [3.63, 3.8) is 0 Å². The van der Waals surface area contributed by atoms with Gasteiger partial charge < -0.3 is 0 Å². The summed E-state index contributed by atoms with van der Waals surface area (Å²) in [6.45, 7) is 2.26. The molecule has 1 fully saturated rings. The summed E-state index contributed by atoms with van der Waals surface area (Å²) in [5, 5.41) is 0. The summed E-state index contributed by atoms with van der Waals surface area (Å²) in [5.74, 6) is 0.378. The summed E-state index contributed by atoms with van der Waals surface area (Å²) in [4.78, 5) is 0. The molecule has 0 aromatic heterocycles. The van der Waals surface area contributed by atoms with Gasteiger partial charge in [0.25, 0.3) is 0 Å². The Hall–Kier alpha value is -1.44. The molecule has 2 aliphatic carbocycles. The molecular formula is C24H32F2. The van der Waals surface area contributed by atoms with Crippen molar-refractivity contribution in [1.29, 1.82) is 0 Å². The highest BCUT2D eigenvalue weighted by Crippen LogP contribution is 2.48. The Balaban J connectivity index is 1.70.